The fourth-order valence-electron chi connectivity index (χ4n) is 2.46. The Morgan fingerprint density at radius 2 is 2.18 bits per heavy atom. The normalized spacial score (nSPS) is 15.7. The van der Waals surface area contributed by atoms with Gasteiger partial charge in [0, 0.05) is 5.56 Å². The number of fused-ring (bicyclic) bond motifs is 1. The summed E-state index contributed by atoms with van der Waals surface area (Å²) in [6.07, 6.45) is 2.30. The molecule has 0 bridgehead atoms. The molecule has 0 aliphatic heterocycles. The predicted molar refractivity (Wildman–Crippen MR) is 65.6 cm³/mol. The molecule has 1 heterocycles. The molecule has 3 heteroatoms. The van der Waals surface area contributed by atoms with Crippen LogP contribution in [0.3, 0.4) is 0 Å². The lowest BCUT2D eigenvalue weighted by molar-refractivity contribution is 0.522. The van der Waals surface area contributed by atoms with E-state index < -0.39 is 0 Å². The van der Waals surface area contributed by atoms with E-state index in [-0.39, 0.29) is 5.82 Å². The van der Waals surface area contributed by atoms with E-state index in [2.05, 4.69) is 5.32 Å². The second kappa shape index (κ2) is 3.84. The van der Waals surface area contributed by atoms with Crippen LogP contribution < -0.4 is 5.32 Å². The molecule has 1 aromatic heterocycles. The SMILES string of the molecule is CNCc1oc2c(C)ccc(F)c2c1C1CC1. The Bertz CT molecular complexity index is 569. The van der Waals surface area contributed by atoms with Crippen LogP contribution in [0.1, 0.15) is 35.6 Å². The molecule has 0 unspecified atom stereocenters. The highest BCUT2D eigenvalue weighted by Crippen LogP contribution is 2.47. The minimum atomic E-state index is -0.154. The van der Waals surface area contributed by atoms with Crippen molar-refractivity contribution in [2.75, 3.05) is 7.05 Å². The number of nitrogens with one attached hydrogen (secondary N) is 1. The van der Waals surface area contributed by atoms with Crippen molar-refractivity contribution in [2.45, 2.75) is 32.2 Å². The van der Waals surface area contributed by atoms with Gasteiger partial charge in [-0.25, -0.2) is 4.39 Å². The molecule has 1 fully saturated rings. The lowest BCUT2D eigenvalue weighted by atomic mass is 10.0. The van der Waals surface area contributed by atoms with E-state index in [0.717, 1.165) is 35.3 Å². The molecular formula is C14H16FNO. The van der Waals surface area contributed by atoms with Gasteiger partial charge in [-0.05, 0) is 44.4 Å². The van der Waals surface area contributed by atoms with Gasteiger partial charge in [-0.3, -0.25) is 0 Å². The molecular weight excluding hydrogens is 217 g/mol. The molecule has 2 nitrogen and oxygen atoms in total. The number of halogens is 1. The van der Waals surface area contributed by atoms with Gasteiger partial charge in [0.25, 0.3) is 0 Å². The van der Waals surface area contributed by atoms with Crippen molar-refractivity contribution in [1.29, 1.82) is 0 Å². The molecule has 0 saturated heterocycles. The van der Waals surface area contributed by atoms with Gasteiger partial charge in [0.15, 0.2) is 0 Å². The molecule has 0 atom stereocenters. The van der Waals surface area contributed by atoms with E-state index in [1.54, 1.807) is 12.1 Å². The number of hydrogen-bond donors (Lipinski definition) is 1. The minimum Gasteiger partial charge on any atom is -0.459 e. The molecule has 0 radical (unpaired) electrons. The van der Waals surface area contributed by atoms with Crippen LogP contribution in [0.25, 0.3) is 11.0 Å². The highest BCUT2D eigenvalue weighted by Gasteiger charge is 2.32. The van der Waals surface area contributed by atoms with E-state index in [0.29, 0.717) is 17.8 Å². The molecule has 1 aliphatic carbocycles. The zero-order valence-corrected chi connectivity index (χ0v) is 10.1. The third-order valence-corrected chi connectivity index (χ3v) is 3.42. The first-order valence-corrected chi connectivity index (χ1v) is 6.07. The first kappa shape index (κ1) is 10.8. The second-order valence-corrected chi connectivity index (χ2v) is 4.81. The molecule has 1 aromatic carbocycles. The summed E-state index contributed by atoms with van der Waals surface area (Å²) in [5, 5.41) is 3.80. The summed E-state index contributed by atoms with van der Waals surface area (Å²) in [7, 11) is 1.88. The molecule has 1 aliphatic rings. The highest BCUT2D eigenvalue weighted by atomic mass is 19.1. The number of rotatable bonds is 3. The topological polar surface area (TPSA) is 25.2 Å². The Morgan fingerprint density at radius 1 is 1.41 bits per heavy atom. The first-order valence-electron chi connectivity index (χ1n) is 6.07. The second-order valence-electron chi connectivity index (χ2n) is 4.81. The van der Waals surface area contributed by atoms with Crippen LogP contribution in [0.2, 0.25) is 0 Å². The predicted octanol–water partition coefficient (Wildman–Crippen LogP) is 3.48. The molecule has 3 rings (SSSR count). The first-order chi connectivity index (χ1) is 8.22. The van der Waals surface area contributed by atoms with E-state index >= 15 is 0 Å². The molecule has 0 spiro atoms. The lowest BCUT2D eigenvalue weighted by Gasteiger charge is -2.00. The largest absolute Gasteiger partial charge is 0.459 e. The average Bonchev–Trinajstić information content (AvgIpc) is 3.06. The summed E-state index contributed by atoms with van der Waals surface area (Å²) >= 11 is 0. The standard InChI is InChI=1S/C14H16FNO/c1-8-3-6-10(15)13-12(9-4-5-9)11(7-16-2)17-14(8)13/h3,6,9,16H,4-5,7H2,1-2H3. The van der Waals surface area contributed by atoms with E-state index in [9.17, 15) is 4.39 Å². The summed E-state index contributed by atoms with van der Waals surface area (Å²) in [4.78, 5) is 0. The van der Waals surface area contributed by atoms with Crippen molar-refractivity contribution in [3.63, 3.8) is 0 Å². The van der Waals surface area contributed by atoms with Crippen molar-refractivity contribution < 1.29 is 8.81 Å². The van der Waals surface area contributed by atoms with Crippen molar-refractivity contribution in [1.82, 2.24) is 5.32 Å². The van der Waals surface area contributed by atoms with E-state index in [1.807, 2.05) is 14.0 Å². The maximum atomic E-state index is 14.0. The fourth-order valence-corrected chi connectivity index (χ4v) is 2.46. The van der Waals surface area contributed by atoms with Crippen LogP contribution in [0.4, 0.5) is 4.39 Å². The third-order valence-electron chi connectivity index (χ3n) is 3.42. The number of hydrogen-bond acceptors (Lipinski definition) is 2. The van der Waals surface area contributed by atoms with Gasteiger partial charge in [-0.1, -0.05) is 6.07 Å². The Balaban J connectivity index is 2.30. The van der Waals surface area contributed by atoms with Gasteiger partial charge in [0.1, 0.15) is 17.2 Å². The average molecular weight is 233 g/mol. The Labute approximate surface area is 99.8 Å². The lowest BCUT2D eigenvalue weighted by Crippen LogP contribution is -2.05. The smallest absolute Gasteiger partial charge is 0.140 e. The summed E-state index contributed by atoms with van der Waals surface area (Å²) in [5.74, 6) is 1.24. The fraction of sp³-hybridized carbons (Fsp3) is 0.429. The maximum absolute atomic E-state index is 14.0. The summed E-state index contributed by atoms with van der Waals surface area (Å²) in [6, 6.07) is 3.32. The molecule has 1 saturated carbocycles. The summed E-state index contributed by atoms with van der Waals surface area (Å²) in [6.45, 7) is 2.63. The summed E-state index contributed by atoms with van der Waals surface area (Å²) < 4.78 is 19.8. The molecule has 2 aromatic rings. The Kier molecular flexibility index (Phi) is 2.44. The molecule has 17 heavy (non-hydrogen) atoms. The minimum absolute atomic E-state index is 0.154. The van der Waals surface area contributed by atoms with Crippen molar-refractivity contribution >= 4 is 11.0 Å². The third kappa shape index (κ3) is 1.65. The monoisotopic (exact) mass is 233 g/mol. The molecule has 1 N–H and O–H groups in total. The van der Waals surface area contributed by atoms with Gasteiger partial charge < -0.3 is 9.73 Å². The van der Waals surface area contributed by atoms with Gasteiger partial charge >= 0.3 is 0 Å². The Hall–Kier alpha value is -1.35. The van der Waals surface area contributed by atoms with Crippen molar-refractivity contribution in [3.8, 4) is 0 Å². The van der Waals surface area contributed by atoms with Gasteiger partial charge in [-0.2, -0.15) is 0 Å². The number of aryl methyl sites for hydroxylation is 1. The Morgan fingerprint density at radius 3 is 2.82 bits per heavy atom. The zero-order chi connectivity index (χ0) is 12.0. The van der Waals surface area contributed by atoms with Crippen LogP contribution in [0.15, 0.2) is 16.5 Å². The van der Waals surface area contributed by atoms with Crippen molar-refractivity contribution in [2.24, 2.45) is 0 Å². The maximum Gasteiger partial charge on any atom is 0.140 e. The quantitative estimate of drug-likeness (QED) is 0.878. The highest BCUT2D eigenvalue weighted by molar-refractivity contribution is 5.86. The van der Waals surface area contributed by atoms with E-state index in [4.69, 9.17) is 4.42 Å². The van der Waals surface area contributed by atoms with Crippen LogP contribution in [0, 0.1) is 12.7 Å². The van der Waals surface area contributed by atoms with Gasteiger partial charge in [0.2, 0.25) is 0 Å². The van der Waals surface area contributed by atoms with Crippen LogP contribution in [-0.4, -0.2) is 7.05 Å². The van der Waals surface area contributed by atoms with Crippen LogP contribution in [0.5, 0.6) is 0 Å². The number of furan rings is 1. The number of benzene rings is 1. The van der Waals surface area contributed by atoms with E-state index in [1.165, 1.54) is 0 Å². The van der Waals surface area contributed by atoms with Crippen LogP contribution >= 0.6 is 0 Å². The summed E-state index contributed by atoms with van der Waals surface area (Å²) in [5.41, 5.74) is 2.82. The van der Waals surface area contributed by atoms with Crippen molar-refractivity contribution in [3.05, 3.63) is 34.8 Å². The molecule has 90 valence electrons. The van der Waals surface area contributed by atoms with Gasteiger partial charge in [0.05, 0.1) is 11.9 Å². The van der Waals surface area contributed by atoms with Crippen LogP contribution in [-0.2, 0) is 6.54 Å². The molecule has 0 amide bonds. The zero-order valence-electron chi connectivity index (χ0n) is 10.1. The van der Waals surface area contributed by atoms with Gasteiger partial charge in [-0.15, -0.1) is 0 Å².